The van der Waals surface area contributed by atoms with Crippen molar-refractivity contribution in [3.8, 4) is 0 Å². The predicted octanol–water partition coefficient (Wildman–Crippen LogP) is 2.97. The molecule has 0 saturated carbocycles. The number of halogens is 1. The van der Waals surface area contributed by atoms with Gasteiger partial charge in [0.25, 0.3) is 0 Å². The van der Waals surface area contributed by atoms with Crippen LogP contribution in [0.1, 0.15) is 32.9 Å². The Kier molecular flexibility index (Phi) is 5.68. The Labute approximate surface area is 107 Å². The van der Waals surface area contributed by atoms with E-state index in [2.05, 4.69) is 31.2 Å². The summed E-state index contributed by atoms with van der Waals surface area (Å²) in [5.74, 6) is 6.50. The molecule has 4 nitrogen and oxygen atoms in total. The summed E-state index contributed by atoms with van der Waals surface area (Å²) in [5.41, 5.74) is 3.20. The maximum atomic E-state index is 6.03. The molecule has 1 heterocycles. The first-order valence-electron chi connectivity index (χ1n) is 5.76. The van der Waals surface area contributed by atoms with E-state index in [1.54, 1.807) is 12.1 Å². The quantitative estimate of drug-likeness (QED) is 0.608. The predicted molar refractivity (Wildman–Crippen MR) is 70.8 cm³/mol. The van der Waals surface area contributed by atoms with Gasteiger partial charge in [-0.05, 0) is 31.4 Å². The number of nitrogens with two attached hydrogens (primary N) is 1. The zero-order valence-electron chi connectivity index (χ0n) is 10.5. The minimum atomic E-state index is 0.197. The number of nitrogens with one attached hydrogen (secondary N) is 1. The zero-order chi connectivity index (χ0) is 12.8. The highest BCUT2D eigenvalue weighted by Crippen LogP contribution is 2.18. The molecule has 0 spiro atoms. The van der Waals surface area contributed by atoms with E-state index in [4.69, 9.17) is 22.2 Å². The van der Waals surface area contributed by atoms with E-state index < -0.39 is 0 Å². The van der Waals surface area contributed by atoms with E-state index in [9.17, 15) is 0 Å². The summed E-state index contributed by atoms with van der Waals surface area (Å²) < 4.78 is 5.70. The molecule has 1 aromatic heterocycles. The monoisotopic (exact) mass is 257 g/mol. The van der Waals surface area contributed by atoms with Crippen molar-refractivity contribution < 1.29 is 4.74 Å². The summed E-state index contributed by atoms with van der Waals surface area (Å²) in [6, 6.07) is 3.49. The van der Waals surface area contributed by atoms with Gasteiger partial charge in [-0.25, -0.2) is 10.8 Å². The van der Waals surface area contributed by atoms with E-state index in [0.717, 1.165) is 6.42 Å². The standard InChI is InChI=1S/C12H20ClN3O/c1-8(2)6-9(3)17-7-11-10(13)4-5-12(15-11)16-14/h4-5,8-9H,6-7,14H2,1-3H3,(H,15,16). The second kappa shape index (κ2) is 6.79. The van der Waals surface area contributed by atoms with Gasteiger partial charge >= 0.3 is 0 Å². The van der Waals surface area contributed by atoms with Crippen molar-refractivity contribution in [2.75, 3.05) is 5.43 Å². The van der Waals surface area contributed by atoms with Gasteiger partial charge in [-0.3, -0.25) is 0 Å². The molecule has 1 rings (SSSR count). The number of hydrogen-bond acceptors (Lipinski definition) is 4. The normalized spacial score (nSPS) is 12.8. The number of nitrogen functional groups attached to an aromatic ring is 1. The van der Waals surface area contributed by atoms with Crippen molar-refractivity contribution in [1.82, 2.24) is 4.98 Å². The Morgan fingerprint density at radius 3 is 2.71 bits per heavy atom. The van der Waals surface area contributed by atoms with Gasteiger partial charge in [0.15, 0.2) is 0 Å². The molecule has 0 aliphatic rings. The first-order valence-corrected chi connectivity index (χ1v) is 6.14. The topological polar surface area (TPSA) is 60.2 Å². The Balaban J connectivity index is 2.56. The highest BCUT2D eigenvalue weighted by atomic mass is 35.5. The minimum absolute atomic E-state index is 0.197. The van der Waals surface area contributed by atoms with Gasteiger partial charge in [0.2, 0.25) is 0 Å². The van der Waals surface area contributed by atoms with Gasteiger partial charge in [0.05, 0.1) is 23.4 Å². The molecule has 1 unspecified atom stereocenters. The van der Waals surface area contributed by atoms with Crippen LogP contribution in [0.3, 0.4) is 0 Å². The van der Waals surface area contributed by atoms with E-state index in [1.165, 1.54) is 0 Å². The van der Waals surface area contributed by atoms with Crippen molar-refractivity contribution >= 4 is 17.4 Å². The minimum Gasteiger partial charge on any atom is -0.372 e. The fourth-order valence-electron chi connectivity index (χ4n) is 1.62. The van der Waals surface area contributed by atoms with Crippen LogP contribution in [0, 0.1) is 5.92 Å². The Morgan fingerprint density at radius 2 is 2.12 bits per heavy atom. The lowest BCUT2D eigenvalue weighted by Crippen LogP contribution is -2.13. The Morgan fingerprint density at radius 1 is 1.41 bits per heavy atom. The number of rotatable bonds is 6. The zero-order valence-corrected chi connectivity index (χ0v) is 11.3. The van der Waals surface area contributed by atoms with Crippen LogP contribution in [0.2, 0.25) is 5.02 Å². The molecule has 0 bridgehead atoms. The van der Waals surface area contributed by atoms with Crippen LogP contribution >= 0.6 is 11.6 Å². The lowest BCUT2D eigenvalue weighted by atomic mass is 10.1. The number of nitrogens with zero attached hydrogens (tertiary/aromatic N) is 1. The van der Waals surface area contributed by atoms with Crippen LogP contribution < -0.4 is 11.3 Å². The fourth-order valence-corrected chi connectivity index (χ4v) is 1.78. The van der Waals surface area contributed by atoms with E-state index in [1.807, 2.05) is 0 Å². The molecule has 0 saturated heterocycles. The second-order valence-corrected chi connectivity index (χ2v) is 4.93. The molecule has 0 aromatic carbocycles. The molecule has 0 aliphatic carbocycles. The van der Waals surface area contributed by atoms with Crippen molar-refractivity contribution in [2.45, 2.75) is 39.9 Å². The summed E-state index contributed by atoms with van der Waals surface area (Å²) in [6.07, 6.45) is 1.22. The summed E-state index contributed by atoms with van der Waals surface area (Å²) >= 11 is 6.03. The number of pyridine rings is 1. The molecule has 5 heteroatoms. The Hall–Kier alpha value is -0.840. The maximum absolute atomic E-state index is 6.03. The first kappa shape index (κ1) is 14.2. The number of ether oxygens (including phenoxy) is 1. The fraction of sp³-hybridized carbons (Fsp3) is 0.583. The highest BCUT2D eigenvalue weighted by Gasteiger charge is 2.09. The molecule has 1 aromatic rings. The summed E-state index contributed by atoms with van der Waals surface area (Å²) in [5, 5.41) is 0.598. The van der Waals surface area contributed by atoms with E-state index >= 15 is 0 Å². The lowest BCUT2D eigenvalue weighted by Gasteiger charge is -2.15. The summed E-state index contributed by atoms with van der Waals surface area (Å²) in [6.45, 7) is 6.80. The third-order valence-corrected chi connectivity index (χ3v) is 2.72. The average Bonchev–Trinajstić information content (AvgIpc) is 2.27. The van der Waals surface area contributed by atoms with Gasteiger partial charge in [-0.15, -0.1) is 0 Å². The van der Waals surface area contributed by atoms with Gasteiger partial charge in [-0.1, -0.05) is 25.4 Å². The first-order chi connectivity index (χ1) is 8.02. The molecule has 0 fully saturated rings. The van der Waals surface area contributed by atoms with Crippen LogP contribution in [0.15, 0.2) is 12.1 Å². The van der Waals surface area contributed by atoms with Crippen molar-refractivity contribution in [3.63, 3.8) is 0 Å². The highest BCUT2D eigenvalue weighted by molar-refractivity contribution is 6.31. The van der Waals surface area contributed by atoms with E-state index in [-0.39, 0.29) is 6.10 Å². The van der Waals surface area contributed by atoms with Crippen LogP contribution in [0.5, 0.6) is 0 Å². The van der Waals surface area contributed by atoms with Gasteiger partial charge in [-0.2, -0.15) is 0 Å². The molecule has 0 aliphatic heterocycles. The molecule has 0 radical (unpaired) electrons. The summed E-state index contributed by atoms with van der Waals surface area (Å²) in [7, 11) is 0. The number of hydrazine groups is 1. The largest absolute Gasteiger partial charge is 0.372 e. The third-order valence-electron chi connectivity index (χ3n) is 2.37. The molecule has 3 N–H and O–H groups in total. The lowest BCUT2D eigenvalue weighted by molar-refractivity contribution is 0.0380. The van der Waals surface area contributed by atoms with Crippen molar-refractivity contribution in [2.24, 2.45) is 11.8 Å². The number of aromatic nitrogens is 1. The van der Waals surface area contributed by atoms with Crippen molar-refractivity contribution in [3.05, 3.63) is 22.8 Å². The maximum Gasteiger partial charge on any atom is 0.140 e. The number of anilines is 1. The van der Waals surface area contributed by atoms with Crippen LogP contribution in [0.25, 0.3) is 0 Å². The Bertz CT molecular complexity index is 358. The smallest absolute Gasteiger partial charge is 0.140 e. The molecular formula is C12H20ClN3O. The molecule has 17 heavy (non-hydrogen) atoms. The van der Waals surface area contributed by atoms with E-state index in [0.29, 0.717) is 29.1 Å². The van der Waals surface area contributed by atoms with Crippen LogP contribution in [0.4, 0.5) is 5.82 Å². The average molecular weight is 258 g/mol. The SMILES string of the molecule is CC(C)CC(C)OCc1nc(NN)ccc1Cl. The number of hydrogen-bond donors (Lipinski definition) is 2. The summed E-state index contributed by atoms with van der Waals surface area (Å²) in [4.78, 5) is 4.25. The third kappa shape index (κ3) is 4.89. The second-order valence-electron chi connectivity index (χ2n) is 4.52. The van der Waals surface area contributed by atoms with Gasteiger partial charge < -0.3 is 10.2 Å². The molecule has 96 valence electrons. The molecule has 1 atom stereocenters. The molecule has 0 amide bonds. The van der Waals surface area contributed by atoms with Crippen LogP contribution in [-0.4, -0.2) is 11.1 Å². The molecular weight excluding hydrogens is 238 g/mol. The van der Waals surface area contributed by atoms with Crippen LogP contribution in [-0.2, 0) is 11.3 Å². The van der Waals surface area contributed by atoms with Crippen molar-refractivity contribution in [1.29, 1.82) is 0 Å². The van der Waals surface area contributed by atoms with Gasteiger partial charge in [0.1, 0.15) is 5.82 Å². The van der Waals surface area contributed by atoms with Gasteiger partial charge in [0, 0.05) is 0 Å².